The highest BCUT2D eigenvalue weighted by molar-refractivity contribution is 5.93. The van der Waals surface area contributed by atoms with E-state index >= 15 is 0 Å². The number of rotatable bonds is 4. The Kier molecular flexibility index (Phi) is 4.71. The highest BCUT2D eigenvalue weighted by Crippen LogP contribution is 2.25. The van der Waals surface area contributed by atoms with Crippen molar-refractivity contribution in [2.45, 2.75) is 6.92 Å². The molecule has 1 amide bonds. The zero-order chi connectivity index (χ0) is 20.5. The Morgan fingerprint density at radius 2 is 1.93 bits per heavy atom. The normalized spacial score (nSPS) is 14.2. The summed E-state index contributed by atoms with van der Waals surface area (Å²) in [4.78, 5) is 42.6. The van der Waals surface area contributed by atoms with Crippen LogP contribution in [0.4, 0.5) is 11.4 Å². The van der Waals surface area contributed by atoms with E-state index < -0.39 is 4.92 Å². The summed E-state index contributed by atoms with van der Waals surface area (Å²) in [5.41, 5.74) is 2.79. The maximum absolute atomic E-state index is 12.8. The van der Waals surface area contributed by atoms with Gasteiger partial charge in [0.15, 0.2) is 6.29 Å². The summed E-state index contributed by atoms with van der Waals surface area (Å²) < 4.78 is 1.83. The number of carbonyl (C=O) groups excluding carboxylic acids is 2. The monoisotopic (exact) mass is 393 g/mol. The van der Waals surface area contributed by atoms with E-state index in [9.17, 15) is 19.7 Å². The molecule has 1 aliphatic heterocycles. The molecule has 0 radical (unpaired) electrons. The van der Waals surface area contributed by atoms with E-state index in [1.165, 1.54) is 12.1 Å². The Labute approximate surface area is 166 Å². The molecule has 29 heavy (non-hydrogen) atoms. The van der Waals surface area contributed by atoms with Gasteiger partial charge in [-0.05, 0) is 36.8 Å². The van der Waals surface area contributed by atoms with Crippen LogP contribution in [0.1, 0.15) is 26.4 Å². The molecule has 3 aromatic rings. The van der Waals surface area contributed by atoms with Crippen LogP contribution in [-0.4, -0.2) is 57.6 Å². The van der Waals surface area contributed by atoms with Crippen LogP contribution in [0.5, 0.6) is 0 Å². The number of aldehydes is 1. The first-order chi connectivity index (χ1) is 14.0. The average Bonchev–Trinajstić information content (AvgIpc) is 3.16. The molecule has 148 valence electrons. The lowest BCUT2D eigenvalue weighted by Crippen LogP contribution is -2.48. The fourth-order valence-electron chi connectivity index (χ4n) is 3.52. The second-order valence-corrected chi connectivity index (χ2v) is 6.99. The molecule has 1 saturated heterocycles. The van der Waals surface area contributed by atoms with E-state index in [1.807, 2.05) is 34.6 Å². The third-order valence-electron chi connectivity index (χ3n) is 5.10. The second kappa shape index (κ2) is 7.34. The molecule has 4 rings (SSSR count). The molecule has 0 aliphatic carbocycles. The largest absolute Gasteiger partial charge is 0.368 e. The fraction of sp³-hybridized carbons (Fsp3) is 0.250. The lowest BCUT2D eigenvalue weighted by molar-refractivity contribution is -0.385. The van der Waals surface area contributed by atoms with Gasteiger partial charge in [-0.3, -0.25) is 19.7 Å². The van der Waals surface area contributed by atoms with E-state index in [0.717, 1.165) is 16.9 Å². The number of amides is 1. The first kappa shape index (κ1) is 18.6. The fourth-order valence-corrected chi connectivity index (χ4v) is 3.52. The number of hydrogen-bond acceptors (Lipinski definition) is 6. The quantitative estimate of drug-likeness (QED) is 0.383. The highest BCUT2D eigenvalue weighted by Gasteiger charge is 2.25. The molecule has 0 unspecified atom stereocenters. The number of anilines is 1. The summed E-state index contributed by atoms with van der Waals surface area (Å²) in [5.74, 6) is -0.122. The van der Waals surface area contributed by atoms with Crippen LogP contribution in [0.25, 0.3) is 5.65 Å². The maximum Gasteiger partial charge on any atom is 0.280 e. The van der Waals surface area contributed by atoms with Gasteiger partial charge < -0.3 is 14.2 Å². The molecule has 2 aromatic heterocycles. The van der Waals surface area contributed by atoms with Crippen molar-refractivity contribution in [3.63, 3.8) is 0 Å². The van der Waals surface area contributed by atoms with Gasteiger partial charge in [-0.25, -0.2) is 4.98 Å². The molecule has 0 atom stereocenters. The predicted molar refractivity (Wildman–Crippen MR) is 107 cm³/mol. The Balaban J connectivity index is 1.46. The lowest BCUT2D eigenvalue weighted by atomic mass is 10.1. The number of nitro groups is 1. The van der Waals surface area contributed by atoms with Crippen LogP contribution >= 0.6 is 0 Å². The van der Waals surface area contributed by atoms with Crippen LogP contribution in [0.15, 0.2) is 42.7 Å². The van der Waals surface area contributed by atoms with Crippen LogP contribution in [0.3, 0.4) is 0 Å². The van der Waals surface area contributed by atoms with Gasteiger partial charge in [0.25, 0.3) is 11.6 Å². The molecule has 1 fully saturated rings. The molecule has 3 heterocycles. The van der Waals surface area contributed by atoms with Crippen molar-refractivity contribution in [2.75, 3.05) is 31.1 Å². The Bertz CT molecular complexity index is 1120. The van der Waals surface area contributed by atoms with Crippen molar-refractivity contribution in [3.8, 4) is 0 Å². The van der Waals surface area contributed by atoms with E-state index in [1.54, 1.807) is 17.2 Å². The summed E-state index contributed by atoms with van der Waals surface area (Å²) in [6.07, 6.45) is 4.11. The summed E-state index contributed by atoms with van der Waals surface area (Å²) >= 11 is 0. The zero-order valence-corrected chi connectivity index (χ0v) is 15.8. The number of piperazine rings is 1. The molecular weight excluding hydrogens is 374 g/mol. The minimum absolute atomic E-state index is 0.0472. The van der Waals surface area contributed by atoms with Crippen molar-refractivity contribution in [1.29, 1.82) is 0 Å². The number of pyridine rings is 1. The standard InChI is InChI=1S/C20H19N5O4/c1-14-4-5-24-12-17(21-19(24)10-14)20(27)23-8-6-22(7-9-23)16-2-3-18(25(28)29)15(11-16)13-26/h2-5,10-13H,6-9H2,1H3. The van der Waals surface area contributed by atoms with Crippen molar-refractivity contribution in [1.82, 2.24) is 14.3 Å². The van der Waals surface area contributed by atoms with Crippen molar-refractivity contribution in [3.05, 3.63) is 69.7 Å². The lowest BCUT2D eigenvalue weighted by Gasteiger charge is -2.35. The second-order valence-electron chi connectivity index (χ2n) is 6.99. The number of nitro benzene ring substituents is 1. The maximum atomic E-state index is 12.8. The highest BCUT2D eigenvalue weighted by atomic mass is 16.6. The number of nitrogens with zero attached hydrogens (tertiary/aromatic N) is 5. The third kappa shape index (κ3) is 3.54. The SMILES string of the molecule is Cc1ccn2cc(C(=O)N3CCN(c4ccc([N+](=O)[O-])c(C=O)c4)CC3)nc2c1. The van der Waals surface area contributed by atoms with Gasteiger partial charge in [0.1, 0.15) is 11.3 Å². The average molecular weight is 393 g/mol. The van der Waals surface area contributed by atoms with Gasteiger partial charge in [-0.1, -0.05) is 0 Å². The number of aryl methyl sites for hydroxylation is 1. The van der Waals surface area contributed by atoms with E-state index in [-0.39, 0.29) is 17.2 Å². The minimum Gasteiger partial charge on any atom is -0.368 e. The van der Waals surface area contributed by atoms with Gasteiger partial charge in [0.2, 0.25) is 0 Å². The van der Waals surface area contributed by atoms with Crippen LogP contribution < -0.4 is 4.90 Å². The smallest absolute Gasteiger partial charge is 0.280 e. The molecule has 1 aliphatic rings. The molecule has 1 aromatic carbocycles. The summed E-state index contributed by atoms with van der Waals surface area (Å²) in [5, 5.41) is 11.0. The predicted octanol–water partition coefficient (Wildman–Crippen LogP) is 2.33. The Morgan fingerprint density at radius 1 is 1.17 bits per heavy atom. The van der Waals surface area contributed by atoms with E-state index in [0.29, 0.717) is 38.2 Å². The number of benzene rings is 1. The van der Waals surface area contributed by atoms with E-state index in [2.05, 4.69) is 4.98 Å². The van der Waals surface area contributed by atoms with Gasteiger partial charge in [0, 0.05) is 50.3 Å². The van der Waals surface area contributed by atoms with Gasteiger partial charge >= 0.3 is 0 Å². The number of aromatic nitrogens is 2. The topological polar surface area (TPSA) is 101 Å². The van der Waals surface area contributed by atoms with Crippen LogP contribution in [0, 0.1) is 17.0 Å². The Morgan fingerprint density at radius 3 is 2.62 bits per heavy atom. The number of imidazole rings is 1. The van der Waals surface area contributed by atoms with Gasteiger partial charge in [0.05, 0.1) is 10.5 Å². The Hall–Kier alpha value is -3.75. The summed E-state index contributed by atoms with van der Waals surface area (Å²) in [6.45, 7) is 4.10. The first-order valence-corrected chi connectivity index (χ1v) is 9.19. The summed E-state index contributed by atoms with van der Waals surface area (Å²) in [6, 6.07) is 8.38. The molecule has 0 saturated carbocycles. The first-order valence-electron chi connectivity index (χ1n) is 9.19. The minimum atomic E-state index is -0.569. The molecule has 0 N–H and O–H groups in total. The number of carbonyl (C=O) groups is 2. The van der Waals surface area contributed by atoms with Crippen molar-refractivity contribution in [2.24, 2.45) is 0 Å². The number of fused-ring (bicyclic) bond motifs is 1. The van der Waals surface area contributed by atoms with Crippen LogP contribution in [0.2, 0.25) is 0 Å². The molecule has 0 spiro atoms. The van der Waals surface area contributed by atoms with Crippen molar-refractivity contribution >= 4 is 29.2 Å². The third-order valence-corrected chi connectivity index (χ3v) is 5.10. The van der Waals surface area contributed by atoms with Crippen LogP contribution in [-0.2, 0) is 0 Å². The number of hydrogen-bond donors (Lipinski definition) is 0. The van der Waals surface area contributed by atoms with Gasteiger partial charge in [-0.2, -0.15) is 0 Å². The molecule has 0 bridgehead atoms. The molecular formula is C20H19N5O4. The molecule has 9 nitrogen and oxygen atoms in total. The molecule has 9 heteroatoms. The van der Waals surface area contributed by atoms with E-state index in [4.69, 9.17) is 0 Å². The zero-order valence-electron chi connectivity index (χ0n) is 15.8. The van der Waals surface area contributed by atoms with Crippen molar-refractivity contribution < 1.29 is 14.5 Å². The summed E-state index contributed by atoms with van der Waals surface area (Å²) in [7, 11) is 0. The van der Waals surface area contributed by atoms with Gasteiger partial charge in [-0.15, -0.1) is 0 Å².